The minimum Gasteiger partial charge on any atom is -0.507 e. The Bertz CT molecular complexity index is 910. The second-order valence-electron chi connectivity index (χ2n) is 4.89. The number of nitrogens with one attached hydrogen (secondary N) is 1. The first-order chi connectivity index (χ1) is 11.2. The summed E-state index contributed by atoms with van der Waals surface area (Å²) in [4.78, 5) is 10.9. The smallest absolute Gasteiger partial charge is 0.339 e. The molecule has 128 valence electrons. The van der Waals surface area contributed by atoms with E-state index in [0.717, 1.165) is 17.7 Å². The molecule has 0 spiro atoms. The topological polar surface area (TPSA) is 113 Å². The minimum atomic E-state index is -4.03. The number of aromatic hydroxyl groups is 1. The molecule has 0 aliphatic carbocycles. The molecule has 0 aromatic heterocycles. The predicted octanol–water partition coefficient (Wildman–Crippen LogP) is 2.97. The van der Waals surface area contributed by atoms with Gasteiger partial charge in [0.25, 0.3) is 10.0 Å². The molecule has 0 bridgehead atoms. The van der Waals surface area contributed by atoms with Crippen molar-refractivity contribution < 1.29 is 28.2 Å². The molecular formula is C15H14BrNO6S. The number of anilines is 1. The van der Waals surface area contributed by atoms with Gasteiger partial charge in [-0.15, -0.1) is 0 Å². The van der Waals surface area contributed by atoms with Crippen LogP contribution in [0.25, 0.3) is 0 Å². The number of hydrogen-bond donors (Lipinski definition) is 3. The Labute approximate surface area is 147 Å². The van der Waals surface area contributed by atoms with E-state index in [4.69, 9.17) is 9.84 Å². The molecule has 0 aliphatic heterocycles. The lowest BCUT2D eigenvalue weighted by molar-refractivity contribution is 0.0693. The zero-order valence-corrected chi connectivity index (χ0v) is 15.1. The molecule has 3 N–H and O–H groups in total. The largest absolute Gasteiger partial charge is 0.507 e. The van der Waals surface area contributed by atoms with Gasteiger partial charge in [0.1, 0.15) is 22.0 Å². The lowest BCUT2D eigenvalue weighted by atomic mass is 10.2. The van der Waals surface area contributed by atoms with E-state index in [1.165, 1.54) is 19.2 Å². The number of aryl methyl sites for hydroxylation is 1. The van der Waals surface area contributed by atoms with E-state index in [2.05, 4.69) is 20.7 Å². The Balaban J connectivity index is 2.48. The van der Waals surface area contributed by atoms with Gasteiger partial charge in [0.05, 0.1) is 7.11 Å². The molecule has 0 heterocycles. The van der Waals surface area contributed by atoms with E-state index in [0.29, 0.717) is 4.47 Å². The van der Waals surface area contributed by atoms with Gasteiger partial charge in [-0.3, -0.25) is 4.72 Å². The quantitative estimate of drug-likeness (QED) is 0.646. The van der Waals surface area contributed by atoms with E-state index >= 15 is 0 Å². The number of rotatable bonds is 5. The van der Waals surface area contributed by atoms with Gasteiger partial charge in [0.2, 0.25) is 0 Å². The highest BCUT2D eigenvalue weighted by atomic mass is 79.9. The summed E-state index contributed by atoms with van der Waals surface area (Å²) in [6.07, 6.45) is 0. The summed E-state index contributed by atoms with van der Waals surface area (Å²) in [6, 6.07) is 6.36. The average Bonchev–Trinajstić information content (AvgIpc) is 2.50. The zero-order valence-electron chi connectivity index (χ0n) is 12.7. The van der Waals surface area contributed by atoms with E-state index in [1.54, 1.807) is 13.0 Å². The number of halogens is 1. The van der Waals surface area contributed by atoms with Crippen LogP contribution in [0.4, 0.5) is 5.69 Å². The van der Waals surface area contributed by atoms with Crippen LogP contribution in [-0.2, 0) is 10.0 Å². The van der Waals surface area contributed by atoms with Crippen molar-refractivity contribution in [1.82, 2.24) is 0 Å². The van der Waals surface area contributed by atoms with Crippen LogP contribution >= 0.6 is 15.9 Å². The lowest BCUT2D eigenvalue weighted by Gasteiger charge is -2.14. The highest BCUT2D eigenvalue weighted by Gasteiger charge is 2.22. The van der Waals surface area contributed by atoms with Crippen LogP contribution in [0, 0.1) is 6.92 Å². The van der Waals surface area contributed by atoms with Crippen molar-refractivity contribution in [3.05, 3.63) is 45.9 Å². The van der Waals surface area contributed by atoms with Gasteiger partial charge in [-0.05, 0) is 42.8 Å². The Kier molecular flexibility index (Phi) is 5.05. The number of benzene rings is 2. The summed E-state index contributed by atoms with van der Waals surface area (Å²) < 4.78 is 33.1. The summed E-state index contributed by atoms with van der Waals surface area (Å²) in [5.41, 5.74) is 0.389. The number of aromatic carboxylic acids is 1. The van der Waals surface area contributed by atoms with Crippen LogP contribution in [-0.4, -0.2) is 31.7 Å². The van der Waals surface area contributed by atoms with E-state index < -0.39 is 27.3 Å². The third-order valence-electron chi connectivity index (χ3n) is 3.21. The standard InChI is InChI=1S/C15H14BrNO6S/c1-8-5-13(23-2)14(7-11(8)16)24(21,22)17-9-3-4-12(18)10(6-9)15(19)20/h3-7,17-18H,1-2H3,(H,19,20). The molecule has 0 amide bonds. The number of ether oxygens (including phenoxy) is 1. The number of phenols is 1. The normalized spacial score (nSPS) is 11.1. The molecule has 7 nitrogen and oxygen atoms in total. The molecule has 0 fully saturated rings. The maximum absolute atomic E-state index is 12.6. The number of methoxy groups -OCH3 is 1. The number of carboxylic acids is 1. The number of carboxylic acid groups (broad SMARTS) is 1. The Morgan fingerprint density at radius 3 is 2.50 bits per heavy atom. The molecule has 2 aromatic rings. The SMILES string of the molecule is COc1cc(C)c(Br)cc1S(=O)(=O)Nc1ccc(O)c(C(=O)O)c1. The fourth-order valence-corrected chi connectivity index (χ4v) is 3.71. The molecule has 2 aromatic carbocycles. The Hall–Kier alpha value is -2.26. The fraction of sp³-hybridized carbons (Fsp3) is 0.133. The van der Waals surface area contributed by atoms with Crippen molar-refractivity contribution in [2.45, 2.75) is 11.8 Å². The molecule has 0 atom stereocenters. The third kappa shape index (κ3) is 3.62. The molecule has 0 saturated heterocycles. The Morgan fingerprint density at radius 1 is 1.25 bits per heavy atom. The van der Waals surface area contributed by atoms with Crippen molar-refractivity contribution in [2.24, 2.45) is 0 Å². The van der Waals surface area contributed by atoms with Crippen LogP contribution in [0.1, 0.15) is 15.9 Å². The second kappa shape index (κ2) is 6.70. The van der Waals surface area contributed by atoms with Crippen molar-refractivity contribution in [1.29, 1.82) is 0 Å². The monoisotopic (exact) mass is 415 g/mol. The first-order valence-corrected chi connectivity index (χ1v) is 8.86. The minimum absolute atomic E-state index is 0.00366. The van der Waals surface area contributed by atoms with Gasteiger partial charge in [0.15, 0.2) is 0 Å². The first-order valence-electron chi connectivity index (χ1n) is 6.59. The van der Waals surface area contributed by atoms with Crippen molar-refractivity contribution in [3.63, 3.8) is 0 Å². The van der Waals surface area contributed by atoms with Crippen molar-refractivity contribution >= 4 is 37.6 Å². The lowest BCUT2D eigenvalue weighted by Crippen LogP contribution is -2.15. The van der Waals surface area contributed by atoms with Gasteiger partial charge >= 0.3 is 5.97 Å². The van der Waals surface area contributed by atoms with Crippen molar-refractivity contribution in [2.75, 3.05) is 11.8 Å². The maximum atomic E-state index is 12.6. The number of sulfonamides is 1. The van der Waals surface area contributed by atoms with Crippen LogP contribution < -0.4 is 9.46 Å². The predicted molar refractivity (Wildman–Crippen MR) is 91.3 cm³/mol. The molecular weight excluding hydrogens is 402 g/mol. The number of carbonyl (C=O) groups is 1. The molecule has 0 unspecified atom stereocenters. The van der Waals surface area contributed by atoms with Crippen molar-refractivity contribution in [3.8, 4) is 11.5 Å². The van der Waals surface area contributed by atoms with Crippen LogP contribution in [0.3, 0.4) is 0 Å². The zero-order chi connectivity index (χ0) is 18.1. The summed E-state index contributed by atoms with van der Waals surface area (Å²) in [7, 11) is -2.68. The Morgan fingerprint density at radius 2 is 1.92 bits per heavy atom. The summed E-state index contributed by atoms with van der Waals surface area (Å²) in [5, 5.41) is 18.5. The van der Waals surface area contributed by atoms with Gasteiger partial charge in [-0.1, -0.05) is 15.9 Å². The van der Waals surface area contributed by atoms with Gasteiger partial charge in [-0.2, -0.15) is 0 Å². The van der Waals surface area contributed by atoms with E-state index in [1.807, 2.05) is 0 Å². The van der Waals surface area contributed by atoms with Crippen LogP contribution in [0.5, 0.6) is 11.5 Å². The highest BCUT2D eigenvalue weighted by molar-refractivity contribution is 9.10. The molecule has 0 aliphatic rings. The summed E-state index contributed by atoms with van der Waals surface area (Å²) in [6.45, 7) is 1.79. The van der Waals surface area contributed by atoms with Crippen LogP contribution in [0.2, 0.25) is 0 Å². The van der Waals surface area contributed by atoms with E-state index in [-0.39, 0.29) is 16.3 Å². The fourth-order valence-electron chi connectivity index (χ4n) is 1.99. The molecule has 0 radical (unpaired) electrons. The highest BCUT2D eigenvalue weighted by Crippen LogP contribution is 2.32. The molecule has 24 heavy (non-hydrogen) atoms. The van der Waals surface area contributed by atoms with Gasteiger partial charge in [-0.25, -0.2) is 13.2 Å². The summed E-state index contributed by atoms with van der Waals surface area (Å²) >= 11 is 3.27. The number of hydrogen-bond acceptors (Lipinski definition) is 5. The second-order valence-corrected chi connectivity index (χ2v) is 7.40. The van der Waals surface area contributed by atoms with Gasteiger partial charge in [0, 0.05) is 10.2 Å². The molecule has 9 heteroatoms. The third-order valence-corrected chi connectivity index (χ3v) is 5.47. The summed E-state index contributed by atoms with van der Waals surface area (Å²) in [5.74, 6) is -1.68. The van der Waals surface area contributed by atoms with Gasteiger partial charge < -0.3 is 14.9 Å². The molecule has 2 rings (SSSR count). The first kappa shape index (κ1) is 18.1. The van der Waals surface area contributed by atoms with Crippen LogP contribution in [0.15, 0.2) is 39.7 Å². The average molecular weight is 416 g/mol. The maximum Gasteiger partial charge on any atom is 0.339 e. The van der Waals surface area contributed by atoms with E-state index in [9.17, 15) is 18.3 Å². The molecule has 0 saturated carbocycles.